The number of hydrogen-bond acceptors (Lipinski definition) is 4. The highest BCUT2D eigenvalue weighted by Gasteiger charge is 2.37. The Morgan fingerprint density at radius 2 is 2.50 bits per heavy atom. The summed E-state index contributed by atoms with van der Waals surface area (Å²) in [7, 11) is 0. The SMILES string of the molecule is CCOC(=O)[C@@H]1CNC(=O)[C@H]1N. The second-order valence-electron chi connectivity index (χ2n) is 2.63. The van der Waals surface area contributed by atoms with Gasteiger partial charge in [-0.05, 0) is 6.92 Å². The van der Waals surface area contributed by atoms with Crippen molar-refractivity contribution in [2.24, 2.45) is 11.7 Å². The number of esters is 1. The van der Waals surface area contributed by atoms with E-state index in [2.05, 4.69) is 5.32 Å². The molecule has 0 spiro atoms. The van der Waals surface area contributed by atoms with E-state index in [-0.39, 0.29) is 5.91 Å². The van der Waals surface area contributed by atoms with Crippen molar-refractivity contribution < 1.29 is 14.3 Å². The summed E-state index contributed by atoms with van der Waals surface area (Å²) in [5, 5.41) is 2.49. The molecular formula is C7H12N2O3. The van der Waals surface area contributed by atoms with Crippen molar-refractivity contribution in [3.8, 4) is 0 Å². The first-order valence-corrected chi connectivity index (χ1v) is 3.86. The average molecular weight is 172 g/mol. The van der Waals surface area contributed by atoms with Crippen LogP contribution in [0.5, 0.6) is 0 Å². The Kier molecular flexibility index (Phi) is 2.65. The molecule has 0 aromatic carbocycles. The molecule has 1 fully saturated rings. The van der Waals surface area contributed by atoms with Crippen molar-refractivity contribution in [2.45, 2.75) is 13.0 Å². The van der Waals surface area contributed by atoms with Crippen LogP contribution in [-0.2, 0) is 14.3 Å². The number of carbonyl (C=O) groups is 2. The van der Waals surface area contributed by atoms with Crippen LogP contribution in [0.3, 0.4) is 0 Å². The third-order valence-electron chi connectivity index (χ3n) is 1.82. The minimum atomic E-state index is -0.746. The molecule has 1 saturated heterocycles. The molecule has 2 atom stereocenters. The second kappa shape index (κ2) is 3.53. The first kappa shape index (κ1) is 8.99. The predicted molar refractivity (Wildman–Crippen MR) is 41.1 cm³/mol. The standard InChI is InChI=1S/C7H12N2O3/c1-2-12-7(11)4-3-9-6(10)5(4)8/h4-5H,2-3,8H2,1H3,(H,9,10)/t4-,5+/m1/s1. The Morgan fingerprint density at radius 3 is 2.92 bits per heavy atom. The molecule has 0 bridgehead atoms. The average Bonchev–Trinajstić information content (AvgIpc) is 2.34. The molecule has 0 aliphatic carbocycles. The van der Waals surface area contributed by atoms with Crippen LogP contribution < -0.4 is 11.1 Å². The zero-order chi connectivity index (χ0) is 9.14. The van der Waals surface area contributed by atoms with E-state index in [9.17, 15) is 9.59 Å². The fourth-order valence-corrected chi connectivity index (χ4v) is 1.12. The zero-order valence-electron chi connectivity index (χ0n) is 6.87. The molecule has 5 heteroatoms. The maximum atomic E-state index is 11.1. The van der Waals surface area contributed by atoms with Gasteiger partial charge >= 0.3 is 5.97 Å². The normalized spacial score (nSPS) is 28.3. The summed E-state index contributed by atoms with van der Waals surface area (Å²) in [4.78, 5) is 22.0. The van der Waals surface area contributed by atoms with Gasteiger partial charge < -0.3 is 15.8 Å². The van der Waals surface area contributed by atoms with Crippen LogP contribution in [0, 0.1) is 5.92 Å². The molecule has 5 nitrogen and oxygen atoms in total. The van der Waals surface area contributed by atoms with E-state index in [1.54, 1.807) is 6.92 Å². The quantitative estimate of drug-likeness (QED) is 0.503. The van der Waals surface area contributed by atoms with Gasteiger partial charge in [-0.3, -0.25) is 9.59 Å². The van der Waals surface area contributed by atoms with E-state index in [4.69, 9.17) is 10.5 Å². The van der Waals surface area contributed by atoms with Gasteiger partial charge in [-0.25, -0.2) is 0 Å². The maximum Gasteiger partial charge on any atom is 0.312 e. The van der Waals surface area contributed by atoms with Crippen molar-refractivity contribution in [3.63, 3.8) is 0 Å². The summed E-state index contributed by atoms with van der Waals surface area (Å²) in [6.45, 7) is 2.32. The molecule has 1 amide bonds. The molecule has 68 valence electrons. The van der Waals surface area contributed by atoms with Crippen molar-refractivity contribution in [1.29, 1.82) is 0 Å². The van der Waals surface area contributed by atoms with Gasteiger partial charge in [-0.1, -0.05) is 0 Å². The van der Waals surface area contributed by atoms with Crippen LogP contribution in [0.1, 0.15) is 6.92 Å². The molecule has 1 aliphatic heterocycles. The summed E-state index contributed by atoms with van der Waals surface area (Å²) in [5.74, 6) is -1.20. The highest BCUT2D eigenvalue weighted by atomic mass is 16.5. The van der Waals surface area contributed by atoms with Crippen molar-refractivity contribution in [1.82, 2.24) is 5.32 Å². The van der Waals surface area contributed by atoms with E-state index < -0.39 is 17.9 Å². The molecule has 12 heavy (non-hydrogen) atoms. The number of nitrogens with two attached hydrogens (primary N) is 1. The van der Waals surface area contributed by atoms with Gasteiger partial charge in [0.1, 0.15) is 0 Å². The van der Waals surface area contributed by atoms with Gasteiger partial charge in [-0.2, -0.15) is 0 Å². The maximum absolute atomic E-state index is 11.1. The zero-order valence-corrected chi connectivity index (χ0v) is 6.87. The fourth-order valence-electron chi connectivity index (χ4n) is 1.12. The van der Waals surface area contributed by atoms with E-state index in [0.29, 0.717) is 13.2 Å². The molecule has 3 N–H and O–H groups in total. The summed E-state index contributed by atoms with van der Waals surface area (Å²) in [6.07, 6.45) is 0. The third kappa shape index (κ3) is 1.55. The van der Waals surface area contributed by atoms with Crippen molar-refractivity contribution >= 4 is 11.9 Å². The van der Waals surface area contributed by atoms with Crippen LogP contribution >= 0.6 is 0 Å². The summed E-state index contributed by atoms with van der Waals surface area (Å²) in [5.41, 5.74) is 5.44. The minimum Gasteiger partial charge on any atom is -0.466 e. The van der Waals surface area contributed by atoms with Crippen molar-refractivity contribution in [2.75, 3.05) is 13.2 Å². The molecule has 0 radical (unpaired) electrons. The lowest BCUT2D eigenvalue weighted by molar-refractivity contribution is -0.148. The molecule has 0 aromatic heterocycles. The van der Waals surface area contributed by atoms with Gasteiger partial charge in [0.25, 0.3) is 0 Å². The van der Waals surface area contributed by atoms with E-state index in [1.807, 2.05) is 0 Å². The minimum absolute atomic E-state index is 0.284. The third-order valence-corrected chi connectivity index (χ3v) is 1.82. The summed E-state index contributed by atoms with van der Waals surface area (Å²) >= 11 is 0. The number of carbonyl (C=O) groups excluding carboxylic acids is 2. The van der Waals surface area contributed by atoms with Gasteiger partial charge in [0.15, 0.2) is 0 Å². The Hall–Kier alpha value is -1.10. The van der Waals surface area contributed by atoms with Crippen molar-refractivity contribution in [3.05, 3.63) is 0 Å². The molecule has 1 aliphatic rings. The van der Waals surface area contributed by atoms with Gasteiger partial charge in [-0.15, -0.1) is 0 Å². The lowest BCUT2D eigenvalue weighted by Gasteiger charge is -2.09. The number of nitrogens with one attached hydrogen (secondary N) is 1. The molecule has 0 saturated carbocycles. The summed E-state index contributed by atoms with van der Waals surface area (Å²) < 4.78 is 4.73. The van der Waals surface area contributed by atoms with Crippen LogP contribution in [0.2, 0.25) is 0 Å². The first-order chi connectivity index (χ1) is 5.66. The molecule has 0 unspecified atom stereocenters. The van der Waals surface area contributed by atoms with E-state index in [1.165, 1.54) is 0 Å². The number of amides is 1. The Bertz CT molecular complexity index is 205. The highest BCUT2D eigenvalue weighted by Crippen LogP contribution is 2.09. The highest BCUT2D eigenvalue weighted by molar-refractivity contribution is 5.91. The number of ether oxygens (including phenoxy) is 1. The molecule has 1 rings (SSSR count). The Labute approximate surface area is 70.2 Å². The van der Waals surface area contributed by atoms with Crippen LogP contribution in [0.15, 0.2) is 0 Å². The summed E-state index contributed by atoms with van der Waals surface area (Å²) in [6, 6.07) is -0.746. The van der Waals surface area contributed by atoms with Gasteiger partial charge in [0.05, 0.1) is 18.6 Å². The monoisotopic (exact) mass is 172 g/mol. The lowest BCUT2D eigenvalue weighted by Crippen LogP contribution is -2.38. The number of rotatable bonds is 2. The topological polar surface area (TPSA) is 81.4 Å². The largest absolute Gasteiger partial charge is 0.466 e. The first-order valence-electron chi connectivity index (χ1n) is 3.86. The molecule has 0 aromatic rings. The Morgan fingerprint density at radius 1 is 1.83 bits per heavy atom. The van der Waals surface area contributed by atoms with Gasteiger partial charge in [0, 0.05) is 6.54 Å². The van der Waals surface area contributed by atoms with Gasteiger partial charge in [0.2, 0.25) is 5.91 Å². The van der Waals surface area contributed by atoms with E-state index in [0.717, 1.165) is 0 Å². The lowest BCUT2D eigenvalue weighted by atomic mass is 10.1. The second-order valence-corrected chi connectivity index (χ2v) is 2.63. The smallest absolute Gasteiger partial charge is 0.312 e. The fraction of sp³-hybridized carbons (Fsp3) is 0.714. The molecule has 1 heterocycles. The Balaban J connectivity index is 2.53. The van der Waals surface area contributed by atoms with E-state index >= 15 is 0 Å². The molecular weight excluding hydrogens is 160 g/mol. The number of hydrogen-bond donors (Lipinski definition) is 2. The van der Waals surface area contributed by atoms with Crippen LogP contribution in [0.4, 0.5) is 0 Å². The van der Waals surface area contributed by atoms with Crippen LogP contribution in [-0.4, -0.2) is 31.1 Å². The predicted octanol–water partition coefficient (Wildman–Crippen LogP) is -1.38. The van der Waals surface area contributed by atoms with Crippen LogP contribution in [0.25, 0.3) is 0 Å².